The lowest BCUT2D eigenvalue weighted by atomic mass is 10.0. The van der Waals surface area contributed by atoms with Gasteiger partial charge in [0.1, 0.15) is 6.10 Å². The Morgan fingerprint density at radius 1 is 0.439 bits per heavy atom. The van der Waals surface area contributed by atoms with Crippen LogP contribution in [-0.4, -0.2) is 37.0 Å². The van der Waals surface area contributed by atoms with E-state index in [1.54, 1.807) is 0 Å². The average molecular weight is 795 g/mol. The van der Waals surface area contributed by atoms with Crippen molar-refractivity contribution in [2.45, 2.75) is 238 Å². The number of unbranched alkanes of at least 4 members (excludes halogenated alkanes) is 25. The summed E-state index contributed by atoms with van der Waals surface area (Å²) in [4.78, 5) is 12.2. The molecule has 4 heteroatoms. The van der Waals surface area contributed by atoms with E-state index in [-0.39, 0.29) is 19.2 Å². The summed E-state index contributed by atoms with van der Waals surface area (Å²) in [6.07, 6.45) is 68.4. The second kappa shape index (κ2) is 50.0. The number of carbonyl (C=O) groups excluding carboxylic acids is 1. The molecule has 0 radical (unpaired) electrons. The van der Waals surface area contributed by atoms with Gasteiger partial charge in [0.15, 0.2) is 0 Å². The number of allylic oxidation sites excluding steroid dienone is 12. The van der Waals surface area contributed by atoms with E-state index in [2.05, 4.69) is 86.8 Å². The molecule has 0 bridgehead atoms. The molecule has 0 aromatic carbocycles. The van der Waals surface area contributed by atoms with Crippen LogP contribution < -0.4 is 0 Å². The van der Waals surface area contributed by atoms with Gasteiger partial charge in [-0.25, -0.2) is 0 Å². The van der Waals surface area contributed by atoms with E-state index in [0.717, 1.165) is 77.0 Å². The van der Waals surface area contributed by atoms with Crippen molar-refractivity contribution in [2.24, 2.45) is 0 Å². The number of aliphatic hydroxyl groups excluding tert-OH is 1. The zero-order valence-corrected chi connectivity index (χ0v) is 37.8. The molecule has 0 amide bonds. The molecule has 4 nitrogen and oxygen atoms in total. The lowest BCUT2D eigenvalue weighted by molar-refractivity contribution is -0.154. The van der Waals surface area contributed by atoms with Gasteiger partial charge in [-0.05, 0) is 64.2 Å². The van der Waals surface area contributed by atoms with Crippen LogP contribution in [0.25, 0.3) is 0 Å². The van der Waals surface area contributed by atoms with Crippen molar-refractivity contribution in [3.05, 3.63) is 72.9 Å². The van der Waals surface area contributed by atoms with Crippen LogP contribution in [0.5, 0.6) is 0 Å². The molecule has 0 spiro atoms. The van der Waals surface area contributed by atoms with E-state index in [9.17, 15) is 9.90 Å². The summed E-state index contributed by atoms with van der Waals surface area (Å²) in [6.45, 7) is 5.23. The maximum absolute atomic E-state index is 12.2. The van der Waals surface area contributed by atoms with Crippen LogP contribution in [-0.2, 0) is 14.3 Å². The van der Waals surface area contributed by atoms with Gasteiger partial charge in [-0.1, -0.05) is 234 Å². The third-order valence-corrected chi connectivity index (χ3v) is 10.5. The second-order valence-electron chi connectivity index (χ2n) is 16.2. The zero-order chi connectivity index (χ0) is 41.2. The third-order valence-electron chi connectivity index (χ3n) is 10.5. The summed E-state index contributed by atoms with van der Waals surface area (Å²) in [5.74, 6) is -0.223. The zero-order valence-electron chi connectivity index (χ0n) is 37.8. The van der Waals surface area contributed by atoms with E-state index in [4.69, 9.17) is 9.47 Å². The van der Waals surface area contributed by atoms with Crippen LogP contribution in [0.15, 0.2) is 72.9 Å². The van der Waals surface area contributed by atoms with Crippen LogP contribution in [0.2, 0.25) is 0 Å². The fraction of sp³-hybridized carbons (Fsp3) is 0.755. The molecule has 0 fully saturated rings. The number of esters is 1. The molecule has 1 N–H and O–H groups in total. The molecule has 0 aliphatic heterocycles. The standard InChI is InChI=1S/C53H94O4/c1-3-5-7-9-11-13-15-17-19-21-23-25-27-28-30-32-34-36-38-40-42-44-46-48-53(55)57-52(50-54)51-56-49-47-45-43-41-39-37-35-33-31-29-26-24-22-20-18-16-14-12-10-8-6-4-2/h5,7,11,13,17,19,23,25,28,30,34,36,52,54H,3-4,6,8-10,12,14-16,18,20-22,24,26-27,29,31-33,35,37-51H2,1-2H3/b7-5-,13-11-,19-17-,25-23-,30-28-,36-34-. The molecule has 0 aliphatic rings. The monoisotopic (exact) mass is 795 g/mol. The Balaban J connectivity index is 3.48. The highest BCUT2D eigenvalue weighted by Gasteiger charge is 2.13. The average Bonchev–Trinajstić information content (AvgIpc) is 3.22. The molecule has 1 atom stereocenters. The van der Waals surface area contributed by atoms with Gasteiger partial charge in [-0.2, -0.15) is 0 Å². The molecule has 0 aromatic rings. The maximum Gasteiger partial charge on any atom is 0.306 e. The number of rotatable bonds is 45. The molecule has 330 valence electrons. The summed E-state index contributed by atoms with van der Waals surface area (Å²) in [5.41, 5.74) is 0. The summed E-state index contributed by atoms with van der Waals surface area (Å²) in [6, 6.07) is 0. The minimum Gasteiger partial charge on any atom is -0.457 e. The van der Waals surface area contributed by atoms with E-state index in [0.29, 0.717) is 13.0 Å². The number of ether oxygens (including phenoxy) is 2. The number of hydrogen-bond donors (Lipinski definition) is 1. The first kappa shape index (κ1) is 54.8. The number of aliphatic hydroxyl groups is 1. The Morgan fingerprint density at radius 3 is 1.19 bits per heavy atom. The Bertz CT molecular complexity index is 973. The van der Waals surface area contributed by atoms with Crippen molar-refractivity contribution in [3.8, 4) is 0 Å². The Kier molecular flexibility index (Phi) is 48.1. The normalized spacial score (nSPS) is 13.0. The highest BCUT2D eigenvalue weighted by atomic mass is 16.6. The lowest BCUT2D eigenvalue weighted by Gasteiger charge is -2.15. The molecule has 0 saturated heterocycles. The first-order chi connectivity index (χ1) is 28.2. The SMILES string of the molecule is CC/C=C\C/C=C\C/C=C\C/C=C\C/C=C\C/C=C\CCCCCCC(=O)OC(CO)COCCCCCCCCCCCCCCCCCCCCCCCC. The van der Waals surface area contributed by atoms with Crippen molar-refractivity contribution in [2.75, 3.05) is 19.8 Å². The van der Waals surface area contributed by atoms with Crippen molar-refractivity contribution in [3.63, 3.8) is 0 Å². The van der Waals surface area contributed by atoms with Gasteiger partial charge in [-0.15, -0.1) is 0 Å². The topological polar surface area (TPSA) is 55.8 Å². The highest BCUT2D eigenvalue weighted by molar-refractivity contribution is 5.69. The fourth-order valence-electron chi connectivity index (χ4n) is 6.92. The van der Waals surface area contributed by atoms with E-state index < -0.39 is 6.10 Å². The molecular weight excluding hydrogens is 701 g/mol. The molecule has 0 rings (SSSR count). The van der Waals surface area contributed by atoms with Gasteiger partial charge in [0.2, 0.25) is 0 Å². The molecule has 57 heavy (non-hydrogen) atoms. The first-order valence-corrected chi connectivity index (χ1v) is 24.5. The van der Waals surface area contributed by atoms with Crippen molar-refractivity contribution >= 4 is 5.97 Å². The van der Waals surface area contributed by atoms with Gasteiger partial charge in [0, 0.05) is 13.0 Å². The summed E-state index contributed by atoms with van der Waals surface area (Å²) < 4.78 is 11.2. The minimum absolute atomic E-state index is 0.183. The van der Waals surface area contributed by atoms with E-state index in [1.807, 2.05) is 0 Å². The van der Waals surface area contributed by atoms with Crippen LogP contribution in [0, 0.1) is 0 Å². The summed E-state index contributed by atoms with van der Waals surface area (Å²) in [5, 5.41) is 9.64. The van der Waals surface area contributed by atoms with Crippen molar-refractivity contribution in [1.29, 1.82) is 0 Å². The molecule has 0 aromatic heterocycles. The van der Waals surface area contributed by atoms with Gasteiger partial charge >= 0.3 is 5.97 Å². The number of hydrogen-bond acceptors (Lipinski definition) is 4. The summed E-state index contributed by atoms with van der Waals surface area (Å²) in [7, 11) is 0. The van der Waals surface area contributed by atoms with E-state index >= 15 is 0 Å². The molecule has 1 unspecified atom stereocenters. The van der Waals surface area contributed by atoms with Crippen LogP contribution in [0.4, 0.5) is 0 Å². The molecule has 0 saturated carbocycles. The van der Waals surface area contributed by atoms with Crippen molar-refractivity contribution in [1.82, 2.24) is 0 Å². The lowest BCUT2D eigenvalue weighted by Crippen LogP contribution is -2.27. The quantitative estimate of drug-likeness (QED) is 0.0379. The Labute approximate surface area is 355 Å². The fourth-order valence-corrected chi connectivity index (χ4v) is 6.92. The van der Waals surface area contributed by atoms with Gasteiger partial charge in [0.25, 0.3) is 0 Å². The highest BCUT2D eigenvalue weighted by Crippen LogP contribution is 2.16. The van der Waals surface area contributed by atoms with Crippen LogP contribution in [0.1, 0.15) is 232 Å². The minimum atomic E-state index is -0.551. The first-order valence-electron chi connectivity index (χ1n) is 24.5. The predicted molar refractivity (Wildman–Crippen MR) is 251 cm³/mol. The van der Waals surface area contributed by atoms with Crippen molar-refractivity contribution < 1.29 is 19.4 Å². The second-order valence-corrected chi connectivity index (χ2v) is 16.2. The predicted octanol–water partition coefficient (Wildman–Crippen LogP) is 16.5. The molecule has 0 aliphatic carbocycles. The molecular formula is C53H94O4. The van der Waals surface area contributed by atoms with Gasteiger partial charge in [-0.3, -0.25) is 4.79 Å². The van der Waals surface area contributed by atoms with Gasteiger partial charge in [0.05, 0.1) is 13.2 Å². The van der Waals surface area contributed by atoms with E-state index in [1.165, 1.54) is 135 Å². The largest absolute Gasteiger partial charge is 0.457 e. The van der Waals surface area contributed by atoms with Crippen LogP contribution >= 0.6 is 0 Å². The third kappa shape index (κ3) is 48.1. The maximum atomic E-state index is 12.2. The Hall–Kier alpha value is -2.17. The number of carbonyl (C=O) groups is 1. The van der Waals surface area contributed by atoms with Gasteiger partial charge < -0.3 is 14.6 Å². The van der Waals surface area contributed by atoms with Crippen LogP contribution in [0.3, 0.4) is 0 Å². The smallest absolute Gasteiger partial charge is 0.306 e. The Morgan fingerprint density at radius 2 is 0.789 bits per heavy atom. The molecule has 0 heterocycles. The summed E-state index contributed by atoms with van der Waals surface area (Å²) >= 11 is 0.